The summed E-state index contributed by atoms with van der Waals surface area (Å²) < 4.78 is 13.1. The number of Topliss-reactive ketones (excluding diaryl/α,β-unsaturated/α-hetero) is 1. The number of likely N-dealkylation sites (tertiary alicyclic amines) is 1. The molecule has 1 atom stereocenters. The maximum atomic E-state index is 13.1. The van der Waals surface area contributed by atoms with E-state index >= 15 is 0 Å². The van der Waals surface area contributed by atoms with Gasteiger partial charge in [-0.2, -0.15) is 0 Å². The number of piperidine rings is 2. The van der Waals surface area contributed by atoms with Crippen LogP contribution >= 0.6 is 0 Å². The molecule has 4 rings (SSSR count). The molecule has 0 radical (unpaired) electrons. The Bertz CT molecular complexity index is 894. The normalized spacial score (nSPS) is 19.4. The van der Waals surface area contributed by atoms with Crippen LogP contribution in [0.3, 0.4) is 0 Å². The molecule has 1 N–H and O–H groups in total. The molecule has 30 heavy (non-hydrogen) atoms. The van der Waals surface area contributed by atoms with Gasteiger partial charge in [-0.3, -0.25) is 4.79 Å². The maximum Gasteiger partial charge on any atom is 0.321 e. The number of hydrogen-bond donors (Lipinski definition) is 1. The molecule has 6 heteroatoms. The number of carbonyl (C=O) groups excluding carboxylic acids is 2. The molecule has 0 saturated carbocycles. The molecule has 2 amide bonds. The molecule has 2 aromatic rings. The van der Waals surface area contributed by atoms with Crippen molar-refractivity contribution in [2.45, 2.75) is 32.1 Å². The number of amides is 2. The standard InChI is InChI=1S/C24H28FN3O2/c25-20-11-9-18(10-12-20)23(29)19-6-5-15-28(17-19)24(30)26-21-7-4-8-22(16-21)27-13-2-1-3-14-27/h4,7-12,16,19H,1-3,5-6,13-15,17H2,(H,26,30). The number of halogens is 1. The lowest BCUT2D eigenvalue weighted by atomic mass is 9.90. The van der Waals surface area contributed by atoms with Gasteiger partial charge in [0.15, 0.2) is 5.78 Å². The molecule has 158 valence electrons. The smallest absolute Gasteiger partial charge is 0.321 e. The van der Waals surface area contributed by atoms with Crippen LogP contribution in [-0.4, -0.2) is 42.9 Å². The molecular weight excluding hydrogens is 381 g/mol. The van der Waals surface area contributed by atoms with Gasteiger partial charge in [-0.1, -0.05) is 6.07 Å². The Kier molecular flexibility index (Phi) is 6.31. The number of nitrogens with zero attached hydrogens (tertiary/aromatic N) is 2. The van der Waals surface area contributed by atoms with Crippen molar-refractivity contribution in [3.8, 4) is 0 Å². The van der Waals surface area contributed by atoms with Gasteiger partial charge in [0.05, 0.1) is 0 Å². The van der Waals surface area contributed by atoms with Crippen LogP contribution in [0.25, 0.3) is 0 Å². The second-order valence-corrected chi connectivity index (χ2v) is 8.18. The first-order chi connectivity index (χ1) is 14.6. The molecule has 2 aromatic carbocycles. The van der Waals surface area contributed by atoms with E-state index in [1.54, 1.807) is 4.90 Å². The van der Waals surface area contributed by atoms with E-state index in [0.717, 1.165) is 37.3 Å². The minimum atomic E-state index is -0.358. The highest BCUT2D eigenvalue weighted by atomic mass is 19.1. The molecule has 0 aromatic heterocycles. The molecule has 0 aliphatic carbocycles. The Morgan fingerprint density at radius 2 is 1.70 bits per heavy atom. The van der Waals surface area contributed by atoms with Crippen LogP contribution < -0.4 is 10.2 Å². The van der Waals surface area contributed by atoms with Crippen molar-refractivity contribution in [2.75, 3.05) is 36.4 Å². The van der Waals surface area contributed by atoms with E-state index in [0.29, 0.717) is 18.7 Å². The van der Waals surface area contributed by atoms with Crippen LogP contribution in [0, 0.1) is 11.7 Å². The topological polar surface area (TPSA) is 52.7 Å². The van der Waals surface area contributed by atoms with Crippen LogP contribution in [-0.2, 0) is 0 Å². The van der Waals surface area contributed by atoms with Crippen LogP contribution in [0.4, 0.5) is 20.6 Å². The van der Waals surface area contributed by atoms with Crippen molar-refractivity contribution < 1.29 is 14.0 Å². The van der Waals surface area contributed by atoms with Gasteiger partial charge in [-0.25, -0.2) is 9.18 Å². The Morgan fingerprint density at radius 3 is 2.47 bits per heavy atom. The average molecular weight is 410 g/mol. The fourth-order valence-corrected chi connectivity index (χ4v) is 4.36. The van der Waals surface area contributed by atoms with E-state index < -0.39 is 0 Å². The summed E-state index contributed by atoms with van der Waals surface area (Å²) in [5, 5.41) is 3.00. The summed E-state index contributed by atoms with van der Waals surface area (Å²) >= 11 is 0. The fraction of sp³-hybridized carbons (Fsp3) is 0.417. The second kappa shape index (κ2) is 9.28. The van der Waals surface area contributed by atoms with Crippen LogP contribution in [0.5, 0.6) is 0 Å². The summed E-state index contributed by atoms with van der Waals surface area (Å²) in [5.74, 6) is -0.641. The number of hydrogen-bond acceptors (Lipinski definition) is 3. The predicted octanol–water partition coefficient (Wildman–Crippen LogP) is 4.94. The lowest BCUT2D eigenvalue weighted by molar-refractivity contribution is 0.0851. The summed E-state index contributed by atoms with van der Waals surface area (Å²) in [6, 6.07) is 13.4. The molecule has 2 fully saturated rings. The zero-order valence-corrected chi connectivity index (χ0v) is 17.1. The van der Waals surface area contributed by atoms with E-state index in [1.165, 1.54) is 43.5 Å². The van der Waals surface area contributed by atoms with Crippen molar-refractivity contribution in [1.82, 2.24) is 4.90 Å². The monoisotopic (exact) mass is 409 g/mol. The Morgan fingerprint density at radius 1 is 0.933 bits per heavy atom. The molecule has 5 nitrogen and oxygen atoms in total. The predicted molar refractivity (Wildman–Crippen MR) is 117 cm³/mol. The lowest BCUT2D eigenvalue weighted by Gasteiger charge is -2.32. The number of nitrogens with one attached hydrogen (secondary N) is 1. The molecule has 0 bridgehead atoms. The largest absolute Gasteiger partial charge is 0.371 e. The fourth-order valence-electron chi connectivity index (χ4n) is 4.36. The second-order valence-electron chi connectivity index (χ2n) is 8.18. The van der Waals surface area contributed by atoms with Crippen molar-refractivity contribution in [1.29, 1.82) is 0 Å². The first-order valence-electron chi connectivity index (χ1n) is 10.8. The Balaban J connectivity index is 1.38. The first-order valence-corrected chi connectivity index (χ1v) is 10.8. The zero-order chi connectivity index (χ0) is 20.9. The molecule has 0 spiro atoms. The average Bonchev–Trinajstić information content (AvgIpc) is 2.80. The van der Waals surface area contributed by atoms with Gasteiger partial charge in [0.25, 0.3) is 0 Å². The minimum absolute atomic E-state index is 0.0282. The molecule has 1 unspecified atom stereocenters. The molecule has 2 saturated heterocycles. The molecular formula is C24H28FN3O2. The maximum absolute atomic E-state index is 13.1. The zero-order valence-electron chi connectivity index (χ0n) is 17.1. The van der Waals surface area contributed by atoms with Crippen LogP contribution in [0.2, 0.25) is 0 Å². The summed E-state index contributed by atoms with van der Waals surface area (Å²) in [6.45, 7) is 3.12. The van der Waals surface area contributed by atoms with E-state index in [-0.39, 0.29) is 23.5 Å². The number of benzene rings is 2. The van der Waals surface area contributed by atoms with Gasteiger partial charge in [0.2, 0.25) is 0 Å². The molecule has 2 aliphatic heterocycles. The lowest BCUT2D eigenvalue weighted by Crippen LogP contribution is -2.44. The third-order valence-electron chi connectivity index (χ3n) is 6.03. The van der Waals surface area contributed by atoms with E-state index in [1.807, 2.05) is 18.2 Å². The van der Waals surface area contributed by atoms with Crippen molar-refractivity contribution in [3.05, 3.63) is 59.9 Å². The first kappa shape index (κ1) is 20.4. The van der Waals surface area contributed by atoms with Crippen molar-refractivity contribution in [3.63, 3.8) is 0 Å². The summed E-state index contributed by atoms with van der Waals surface area (Å²) in [7, 11) is 0. The van der Waals surface area contributed by atoms with Crippen molar-refractivity contribution in [2.24, 2.45) is 5.92 Å². The minimum Gasteiger partial charge on any atom is -0.371 e. The highest BCUT2D eigenvalue weighted by Crippen LogP contribution is 2.25. The van der Waals surface area contributed by atoms with Crippen LogP contribution in [0.15, 0.2) is 48.5 Å². The highest BCUT2D eigenvalue weighted by Gasteiger charge is 2.29. The number of urea groups is 1. The summed E-state index contributed by atoms with van der Waals surface area (Å²) in [4.78, 5) is 29.7. The van der Waals surface area contributed by atoms with E-state index in [4.69, 9.17) is 0 Å². The highest BCUT2D eigenvalue weighted by molar-refractivity contribution is 5.98. The number of rotatable bonds is 4. The van der Waals surface area contributed by atoms with E-state index in [2.05, 4.69) is 16.3 Å². The summed E-state index contributed by atoms with van der Waals surface area (Å²) in [6.07, 6.45) is 5.20. The molecule has 2 heterocycles. The van der Waals surface area contributed by atoms with Gasteiger partial charge >= 0.3 is 6.03 Å². The SMILES string of the molecule is O=C(c1ccc(F)cc1)C1CCCN(C(=O)Nc2cccc(N3CCCCC3)c2)C1. The van der Waals surface area contributed by atoms with E-state index in [9.17, 15) is 14.0 Å². The quantitative estimate of drug-likeness (QED) is 0.728. The Hall–Kier alpha value is -2.89. The van der Waals surface area contributed by atoms with Gasteiger partial charge < -0.3 is 15.1 Å². The van der Waals surface area contributed by atoms with Gasteiger partial charge in [0.1, 0.15) is 5.82 Å². The van der Waals surface area contributed by atoms with Gasteiger partial charge in [0, 0.05) is 49.0 Å². The third kappa shape index (κ3) is 4.81. The Labute approximate surface area is 176 Å². The van der Waals surface area contributed by atoms with Crippen molar-refractivity contribution >= 4 is 23.2 Å². The number of ketones is 1. The number of anilines is 2. The summed E-state index contributed by atoms with van der Waals surface area (Å²) in [5.41, 5.74) is 2.41. The van der Waals surface area contributed by atoms with Crippen LogP contribution in [0.1, 0.15) is 42.5 Å². The molecule has 2 aliphatic rings. The third-order valence-corrected chi connectivity index (χ3v) is 6.03. The van der Waals surface area contributed by atoms with Gasteiger partial charge in [-0.05, 0) is 74.6 Å². The number of carbonyl (C=O) groups is 2. The van der Waals surface area contributed by atoms with Gasteiger partial charge in [-0.15, -0.1) is 0 Å².